The summed E-state index contributed by atoms with van der Waals surface area (Å²) in [5, 5.41) is 17.1. The fourth-order valence-electron chi connectivity index (χ4n) is 3.37. The molecule has 1 aliphatic heterocycles. The van der Waals surface area contributed by atoms with Crippen molar-refractivity contribution in [2.45, 2.75) is 6.17 Å². The first-order valence-electron chi connectivity index (χ1n) is 9.28. The summed E-state index contributed by atoms with van der Waals surface area (Å²) in [4.78, 5) is 16.9. The Bertz CT molecular complexity index is 1090. The van der Waals surface area contributed by atoms with E-state index < -0.39 is 29.5 Å². The van der Waals surface area contributed by atoms with Crippen LogP contribution in [-0.4, -0.2) is 18.4 Å². The highest BCUT2D eigenvalue weighted by Crippen LogP contribution is 2.22. The maximum atomic E-state index is 13.8. The molecule has 2 amide bonds. The Balaban J connectivity index is 1.64. The summed E-state index contributed by atoms with van der Waals surface area (Å²) in [5.74, 6) is -1.82. The van der Waals surface area contributed by atoms with Gasteiger partial charge >= 0.3 is 6.03 Å². The second-order valence-electron chi connectivity index (χ2n) is 6.71. The van der Waals surface area contributed by atoms with Crippen LogP contribution >= 0.6 is 0 Å². The van der Waals surface area contributed by atoms with Crippen LogP contribution in [0.25, 0.3) is 0 Å². The van der Waals surface area contributed by atoms with Gasteiger partial charge in [0.05, 0.1) is 5.71 Å². The molecule has 0 aromatic heterocycles. The number of urea groups is 1. The number of anilines is 1. The van der Waals surface area contributed by atoms with Crippen molar-refractivity contribution in [2.75, 3.05) is 12.0 Å². The molecule has 3 N–H and O–H groups in total. The van der Waals surface area contributed by atoms with E-state index >= 15 is 0 Å². The lowest BCUT2D eigenvalue weighted by molar-refractivity contribution is -0.883. The minimum atomic E-state index is -1.01. The van der Waals surface area contributed by atoms with E-state index in [1.165, 1.54) is 6.07 Å². The van der Waals surface area contributed by atoms with E-state index in [0.717, 1.165) is 17.7 Å². The van der Waals surface area contributed by atoms with Gasteiger partial charge in [-0.15, -0.1) is 0 Å². The zero-order chi connectivity index (χ0) is 21.1. The van der Waals surface area contributed by atoms with Crippen molar-refractivity contribution in [1.82, 2.24) is 5.32 Å². The van der Waals surface area contributed by atoms with Crippen molar-refractivity contribution in [3.05, 3.63) is 106 Å². The van der Waals surface area contributed by atoms with E-state index in [9.17, 15) is 18.8 Å². The Morgan fingerprint density at radius 1 is 0.967 bits per heavy atom. The third-order valence-corrected chi connectivity index (χ3v) is 4.77. The van der Waals surface area contributed by atoms with Crippen molar-refractivity contribution >= 4 is 17.4 Å². The second kappa shape index (κ2) is 8.40. The topological polar surface area (TPSA) is 81.0 Å². The average Bonchev–Trinajstić information content (AvgIpc) is 2.89. The highest BCUT2D eigenvalue weighted by Gasteiger charge is 2.28. The minimum Gasteiger partial charge on any atom is -0.631 e. The molecule has 4 rings (SSSR count). The largest absolute Gasteiger partial charge is 0.631 e. The van der Waals surface area contributed by atoms with Gasteiger partial charge in [0.2, 0.25) is 0 Å². The van der Waals surface area contributed by atoms with Crippen LogP contribution in [0.4, 0.5) is 19.3 Å². The second-order valence-corrected chi connectivity index (χ2v) is 6.71. The summed E-state index contributed by atoms with van der Waals surface area (Å²) in [6.45, 7) is -0.141. The molecule has 0 spiro atoms. The number of hydrogen-bond acceptors (Lipinski definition) is 3. The molecule has 8 heteroatoms. The lowest BCUT2D eigenvalue weighted by Crippen LogP contribution is -3.09. The number of quaternary nitrogens is 1. The van der Waals surface area contributed by atoms with Gasteiger partial charge in [0.1, 0.15) is 17.3 Å². The molecule has 0 fully saturated rings. The number of hydroxylamine groups is 2. The number of nitrogens with one attached hydrogen (secondary N) is 3. The van der Waals surface area contributed by atoms with Crippen molar-refractivity contribution in [1.29, 1.82) is 0 Å². The number of rotatable bonds is 3. The molecule has 0 bridgehead atoms. The van der Waals surface area contributed by atoms with Gasteiger partial charge in [0.15, 0.2) is 12.8 Å². The molecule has 152 valence electrons. The summed E-state index contributed by atoms with van der Waals surface area (Å²) in [6, 6.07) is 18.9. The van der Waals surface area contributed by atoms with Gasteiger partial charge in [-0.1, -0.05) is 60.7 Å². The summed E-state index contributed by atoms with van der Waals surface area (Å²) in [7, 11) is 0. The van der Waals surface area contributed by atoms with Crippen LogP contribution in [0.1, 0.15) is 22.9 Å². The van der Waals surface area contributed by atoms with Crippen LogP contribution in [0.15, 0.2) is 77.8 Å². The number of nitrogens with zero attached hydrogens (tertiary/aromatic N) is 1. The molecule has 3 aromatic carbocycles. The third-order valence-electron chi connectivity index (χ3n) is 4.77. The van der Waals surface area contributed by atoms with Crippen molar-refractivity contribution < 1.29 is 18.6 Å². The molecule has 0 saturated carbocycles. The molecule has 3 aromatic rings. The molecular formula is C22H18F2N4O2. The van der Waals surface area contributed by atoms with E-state index in [2.05, 4.69) is 15.6 Å². The highest BCUT2D eigenvalue weighted by molar-refractivity contribution is 6.14. The Hall–Kier alpha value is -3.62. The standard InChI is InChI=1S/C22H18F2N4O2/c23-17-11-6-12-18(24)20(17)26-22(29)27-21-16-10-5-4-9-15(16)19(25-13-28(21)30)14-7-2-1-3-8-14/h1-12,21,28H,13H2,(H2,26,27,29). The Morgan fingerprint density at radius 2 is 1.63 bits per heavy atom. The monoisotopic (exact) mass is 408 g/mol. The van der Waals surface area contributed by atoms with Crippen molar-refractivity contribution in [3.63, 3.8) is 0 Å². The van der Waals surface area contributed by atoms with Gasteiger partial charge in [-0.25, -0.2) is 18.6 Å². The lowest BCUT2D eigenvalue weighted by Gasteiger charge is -2.30. The fraction of sp³-hybridized carbons (Fsp3) is 0.0909. The van der Waals surface area contributed by atoms with Crippen LogP contribution in [0.3, 0.4) is 0 Å². The first kappa shape index (κ1) is 19.7. The number of para-hydroxylation sites is 1. The summed E-state index contributed by atoms with van der Waals surface area (Å²) >= 11 is 0. The zero-order valence-corrected chi connectivity index (χ0v) is 15.7. The van der Waals surface area contributed by atoms with Gasteiger partial charge in [0.25, 0.3) is 0 Å². The lowest BCUT2D eigenvalue weighted by atomic mass is 9.96. The Labute approximate surface area is 171 Å². The van der Waals surface area contributed by atoms with Gasteiger partial charge in [-0.2, -0.15) is 0 Å². The van der Waals surface area contributed by atoms with Crippen LogP contribution in [-0.2, 0) is 0 Å². The van der Waals surface area contributed by atoms with Gasteiger partial charge in [0, 0.05) is 16.7 Å². The third kappa shape index (κ3) is 3.91. The summed E-state index contributed by atoms with van der Waals surface area (Å²) in [5.41, 5.74) is 2.18. The predicted molar refractivity (Wildman–Crippen MR) is 109 cm³/mol. The Morgan fingerprint density at radius 3 is 2.37 bits per heavy atom. The number of aliphatic imine (C=N–C) groups is 1. The van der Waals surface area contributed by atoms with E-state index in [-0.39, 0.29) is 11.7 Å². The van der Waals surface area contributed by atoms with Gasteiger partial charge < -0.3 is 15.6 Å². The maximum absolute atomic E-state index is 13.8. The quantitative estimate of drug-likeness (QED) is 0.583. The summed E-state index contributed by atoms with van der Waals surface area (Å²) < 4.78 is 27.7. The van der Waals surface area contributed by atoms with Crippen LogP contribution in [0.2, 0.25) is 0 Å². The van der Waals surface area contributed by atoms with E-state index in [0.29, 0.717) is 16.8 Å². The number of carbonyl (C=O) groups is 1. The number of fused-ring (bicyclic) bond motifs is 1. The number of hydrogen-bond donors (Lipinski definition) is 3. The molecule has 6 nitrogen and oxygen atoms in total. The minimum absolute atomic E-state index is 0.141. The molecule has 0 radical (unpaired) electrons. The van der Waals surface area contributed by atoms with Gasteiger partial charge in [-0.3, -0.25) is 5.32 Å². The predicted octanol–water partition coefficient (Wildman–Crippen LogP) is 2.98. The van der Waals surface area contributed by atoms with Crippen molar-refractivity contribution in [3.8, 4) is 0 Å². The molecule has 0 saturated heterocycles. The number of benzene rings is 3. The molecule has 0 aliphatic carbocycles. The maximum Gasteiger partial charge on any atom is 0.324 e. The Kier molecular flexibility index (Phi) is 5.51. The molecule has 2 unspecified atom stereocenters. The number of halogens is 2. The molecule has 1 heterocycles. The molecule has 30 heavy (non-hydrogen) atoms. The first-order valence-corrected chi connectivity index (χ1v) is 9.28. The number of amides is 2. The molecule has 1 aliphatic rings. The highest BCUT2D eigenvalue weighted by atomic mass is 19.1. The fourth-order valence-corrected chi connectivity index (χ4v) is 3.37. The van der Waals surface area contributed by atoms with Crippen LogP contribution < -0.4 is 15.7 Å². The van der Waals surface area contributed by atoms with Crippen molar-refractivity contribution in [2.24, 2.45) is 4.99 Å². The van der Waals surface area contributed by atoms with E-state index in [1.807, 2.05) is 42.5 Å². The zero-order valence-electron chi connectivity index (χ0n) is 15.7. The SMILES string of the molecule is O=C(Nc1c(F)cccc1F)NC1c2ccccc2C(c2ccccc2)=NC[NH+]1[O-]. The average molecular weight is 408 g/mol. The molecular weight excluding hydrogens is 390 g/mol. The van der Waals surface area contributed by atoms with Crippen LogP contribution in [0, 0.1) is 16.8 Å². The summed E-state index contributed by atoms with van der Waals surface area (Å²) in [6.07, 6.45) is -1.01. The smallest absolute Gasteiger partial charge is 0.324 e. The normalized spacial score (nSPS) is 18.0. The molecule has 2 atom stereocenters. The van der Waals surface area contributed by atoms with Crippen LogP contribution in [0.5, 0.6) is 0 Å². The number of carbonyl (C=O) groups excluding carboxylic acids is 1. The van der Waals surface area contributed by atoms with E-state index in [4.69, 9.17) is 0 Å². The first-order chi connectivity index (χ1) is 14.5. The van der Waals surface area contributed by atoms with Gasteiger partial charge in [-0.05, 0) is 12.1 Å². The van der Waals surface area contributed by atoms with E-state index in [1.54, 1.807) is 12.1 Å².